The summed E-state index contributed by atoms with van der Waals surface area (Å²) in [6, 6.07) is 8.83. The maximum absolute atomic E-state index is 14.1. The van der Waals surface area contributed by atoms with Crippen LogP contribution in [0.2, 0.25) is 0 Å². The highest BCUT2D eigenvalue weighted by molar-refractivity contribution is 6.04. The van der Waals surface area contributed by atoms with Crippen molar-refractivity contribution in [1.82, 2.24) is 29.5 Å². The van der Waals surface area contributed by atoms with Crippen molar-refractivity contribution in [3.8, 4) is 11.6 Å². The second-order valence-corrected chi connectivity index (χ2v) is 11.4. The number of piperazine rings is 1. The van der Waals surface area contributed by atoms with Crippen LogP contribution in [-0.2, 0) is 24.5 Å². The Morgan fingerprint density at radius 1 is 1.00 bits per heavy atom. The molecule has 0 saturated carbocycles. The number of halogens is 3. The van der Waals surface area contributed by atoms with Gasteiger partial charge in [0, 0.05) is 64.1 Å². The van der Waals surface area contributed by atoms with E-state index in [9.17, 15) is 18.0 Å². The van der Waals surface area contributed by atoms with Crippen molar-refractivity contribution in [3.05, 3.63) is 64.8 Å². The third kappa shape index (κ3) is 6.87. The lowest BCUT2D eigenvalue weighted by atomic mass is 10.0. The second-order valence-electron chi connectivity index (χ2n) is 11.4. The predicted molar refractivity (Wildman–Crippen MR) is 163 cm³/mol. The smallest absolute Gasteiger partial charge is 0.416 e. The van der Waals surface area contributed by atoms with Crippen LogP contribution in [0.5, 0.6) is 11.6 Å². The summed E-state index contributed by atoms with van der Waals surface area (Å²) in [6.45, 7) is 7.39. The summed E-state index contributed by atoms with van der Waals surface area (Å²) in [5, 5.41) is 7.54. The van der Waals surface area contributed by atoms with Crippen molar-refractivity contribution in [2.24, 2.45) is 7.05 Å². The zero-order valence-corrected chi connectivity index (χ0v) is 25.4. The number of nitrogens with zero attached hydrogens (tertiary/aromatic N) is 7. The Labute approximate surface area is 258 Å². The Hall–Kier alpha value is -4.27. The maximum atomic E-state index is 14.1. The molecule has 0 aliphatic carbocycles. The molecule has 2 aromatic carbocycles. The van der Waals surface area contributed by atoms with Gasteiger partial charge in [0.15, 0.2) is 5.65 Å². The van der Waals surface area contributed by atoms with E-state index in [1.807, 2.05) is 23.8 Å². The molecular formula is C31H35F3N8O3. The summed E-state index contributed by atoms with van der Waals surface area (Å²) >= 11 is 0. The van der Waals surface area contributed by atoms with E-state index in [1.165, 1.54) is 12.1 Å². The lowest BCUT2D eigenvalue weighted by molar-refractivity contribution is -0.138. The van der Waals surface area contributed by atoms with E-state index in [4.69, 9.17) is 9.47 Å². The molecule has 0 atom stereocenters. The number of anilines is 2. The molecule has 4 aromatic rings. The van der Waals surface area contributed by atoms with Crippen LogP contribution in [0.1, 0.15) is 27.0 Å². The average molecular weight is 625 g/mol. The normalized spacial score (nSPS) is 16.7. The third-order valence-corrected chi connectivity index (χ3v) is 8.16. The molecule has 2 aliphatic heterocycles. The third-order valence-electron chi connectivity index (χ3n) is 8.16. The number of amides is 1. The Bertz CT molecular complexity index is 1700. The number of ether oxygens (including phenoxy) is 2. The molecule has 0 unspecified atom stereocenters. The Kier molecular flexibility index (Phi) is 8.62. The first-order valence-electron chi connectivity index (χ1n) is 14.8. The number of alkyl halides is 3. The number of carbonyl (C=O) groups excluding carboxylic acids is 1. The largest absolute Gasteiger partial charge is 0.438 e. The molecule has 2 aliphatic rings. The molecule has 1 N–H and O–H groups in total. The van der Waals surface area contributed by atoms with Crippen LogP contribution in [0.25, 0.3) is 11.0 Å². The number of nitrogens with one attached hydrogen (secondary N) is 1. The fourth-order valence-corrected chi connectivity index (χ4v) is 5.43. The molecule has 0 spiro atoms. The second kappa shape index (κ2) is 12.6. The van der Waals surface area contributed by atoms with Crippen molar-refractivity contribution in [1.29, 1.82) is 0 Å². The van der Waals surface area contributed by atoms with E-state index in [0.29, 0.717) is 62.1 Å². The monoisotopic (exact) mass is 624 g/mol. The Morgan fingerprint density at radius 2 is 1.76 bits per heavy atom. The fraction of sp³-hybridized carbons (Fsp3) is 0.419. The minimum atomic E-state index is -4.57. The average Bonchev–Trinajstić information content (AvgIpc) is 3.40. The molecule has 11 nitrogen and oxygen atoms in total. The first-order chi connectivity index (χ1) is 21.5. The number of likely N-dealkylation sites (N-methyl/N-ethyl adjacent to an activating group) is 1. The van der Waals surface area contributed by atoms with Gasteiger partial charge in [-0.25, -0.2) is 0 Å². The number of hydrogen-bond donors (Lipinski definition) is 1. The van der Waals surface area contributed by atoms with Gasteiger partial charge >= 0.3 is 6.18 Å². The maximum Gasteiger partial charge on any atom is 0.416 e. The van der Waals surface area contributed by atoms with Gasteiger partial charge < -0.3 is 24.6 Å². The van der Waals surface area contributed by atoms with Gasteiger partial charge in [-0.3, -0.25) is 14.4 Å². The van der Waals surface area contributed by atoms with Crippen LogP contribution in [-0.4, -0.2) is 95.0 Å². The molecule has 1 amide bonds. The number of morpholine rings is 1. The highest BCUT2D eigenvalue weighted by Gasteiger charge is 2.34. The van der Waals surface area contributed by atoms with E-state index in [-0.39, 0.29) is 29.2 Å². The molecule has 14 heteroatoms. The summed E-state index contributed by atoms with van der Waals surface area (Å²) in [5.41, 5.74) is 1.02. The number of fused-ring (bicyclic) bond motifs is 1. The summed E-state index contributed by atoms with van der Waals surface area (Å²) < 4.78 is 55.6. The lowest BCUT2D eigenvalue weighted by Gasteiger charge is -2.33. The number of carbonyl (C=O) groups is 1. The van der Waals surface area contributed by atoms with Crippen LogP contribution in [0.15, 0.2) is 42.6 Å². The van der Waals surface area contributed by atoms with Gasteiger partial charge in [-0.15, -0.1) is 0 Å². The number of rotatable bonds is 7. The SMILES string of the molecule is Cc1ccc(C(=O)Nc2ccc(CN3CCN(C)CC3)c(C(F)(F)F)c2)cc1Oc1nc(N2CCOCC2)nc2c1cnn2C. The van der Waals surface area contributed by atoms with Gasteiger partial charge in [0.05, 0.1) is 25.0 Å². The molecule has 2 fully saturated rings. The zero-order chi connectivity index (χ0) is 31.7. The molecule has 0 bridgehead atoms. The van der Waals surface area contributed by atoms with Crippen molar-refractivity contribution in [3.63, 3.8) is 0 Å². The zero-order valence-electron chi connectivity index (χ0n) is 25.4. The summed E-state index contributed by atoms with van der Waals surface area (Å²) in [5.74, 6) is 0.564. The van der Waals surface area contributed by atoms with Crippen molar-refractivity contribution in [2.75, 3.05) is 69.7 Å². The van der Waals surface area contributed by atoms with Gasteiger partial charge in [-0.05, 0) is 49.4 Å². The van der Waals surface area contributed by atoms with E-state index < -0.39 is 17.6 Å². The van der Waals surface area contributed by atoms with Crippen LogP contribution in [0.3, 0.4) is 0 Å². The van der Waals surface area contributed by atoms with Gasteiger partial charge in [-0.2, -0.15) is 28.2 Å². The Balaban J connectivity index is 1.23. The van der Waals surface area contributed by atoms with E-state index in [2.05, 4.69) is 25.3 Å². The molecule has 2 aromatic heterocycles. The predicted octanol–water partition coefficient (Wildman–Crippen LogP) is 4.32. The topological polar surface area (TPSA) is 101 Å². The minimum Gasteiger partial charge on any atom is -0.438 e. The van der Waals surface area contributed by atoms with Gasteiger partial charge in [0.2, 0.25) is 11.8 Å². The summed E-state index contributed by atoms with van der Waals surface area (Å²) in [7, 11) is 3.78. The van der Waals surface area contributed by atoms with Crippen molar-refractivity contribution in [2.45, 2.75) is 19.6 Å². The van der Waals surface area contributed by atoms with Crippen LogP contribution >= 0.6 is 0 Å². The molecule has 45 heavy (non-hydrogen) atoms. The highest BCUT2D eigenvalue weighted by atomic mass is 19.4. The number of benzene rings is 2. The van der Waals surface area contributed by atoms with Gasteiger partial charge in [0.25, 0.3) is 5.91 Å². The highest BCUT2D eigenvalue weighted by Crippen LogP contribution is 2.35. The molecule has 0 radical (unpaired) electrons. The van der Waals surface area contributed by atoms with Gasteiger partial charge in [0.1, 0.15) is 11.1 Å². The number of hydrogen-bond acceptors (Lipinski definition) is 9. The van der Waals surface area contributed by atoms with Crippen molar-refractivity contribution >= 4 is 28.6 Å². The molecule has 6 rings (SSSR count). The summed E-state index contributed by atoms with van der Waals surface area (Å²) in [4.78, 5) is 28.8. The van der Waals surface area contributed by atoms with Crippen LogP contribution < -0.4 is 15.0 Å². The molecule has 2 saturated heterocycles. The number of aromatic nitrogens is 4. The van der Waals surface area contributed by atoms with E-state index in [1.54, 1.807) is 36.1 Å². The van der Waals surface area contributed by atoms with Crippen LogP contribution in [0.4, 0.5) is 24.8 Å². The standard InChI is InChI=1S/C31H35F3N8O3/c1-20-4-5-21(16-26(20)45-29-24-18-35-40(3)27(24)37-30(38-29)42-12-14-44-15-13-42)28(43)36-23-7-6-22(25(17-23)31(32,33)34)19-41-10-8-39(2)9-11-41/h4-7,16-18H,8-15,19H2,1-3H3,(H,36,43). The van der Waals surface area contributed by atoms with Gasteiger partial charge in [-0.1, -0.05) is 12.1 Å². The van der Waals surface area contributed by atoms with E-state index in [0.717, 1.165) is 24.7 Å². The summed E-state index contributed by atoms with van der Waals surface area (Å²) in [6.07, 6.45) is -2.95. The number of aryl methyl sites for hydroxylation is 2. The van der Waals surface area contributed by atoms with Crippen LogP contribution in [0, 0.1) is 6.92 Å². The quantitative estimate of drug-likeness (QED) is 0.322. The van der Waals surface area contributed by atoms with Crippen molar-refractivity contribution < 1.29 is 27.4 Å². The molecule has 4 heterocycles. The first kappa shape index (κ1) is 30.7. The lowest BCUT2D eigenvalue weighted by Crippen LogP contribution is -2.44. The Morgan fingerprint density at radius 3 is 2.49 bits per heavy atom. The minimum absolute atomic E-state index is 0.0560. The molecular weight excluding hydrogens is 589 g/mol. The fourth-order valence-electron chi connectivity index (χ4n) is 5.43. The van der Waals surface area contributed by atoms with E-state index >= 15 is 0 Å². The first-order valence-corrected chi connectivity index (χ1v) is 14.8. The molecule has 238 valence electrons.